The summed E-state index contributed by atoms with van der Waals surface area (Å²) in [5.74, 6) is -2.21. The maximum Gasteiger partial charge on any atom is 0.325 e. The molecule has 8 heteroatoms. The number of nitrogens with one attached hydrogen (secondary N) is 2. The number of aliphatic carboxylic acids is 1. The SMILES string of the molecule is CC1CCCCC12NC(=O)N(CC(=O)N[C@H](C)C(=O)O)C2=O. The molecule has 3 N–H and O–H groups in total. The average Bonchev–Trinajstić information content (AvgIpc) is 2.67. The van der Waals surface area contributed by atoms with Gasteiger partial charge in [-0.25, -0.2) is 4.79 Å². The molecule has 1 aliphatic carbocycles. The first-order valence-electron chi connectivity index (χ1n) is 7.44. The molecule has 3 atom stereocenters. The second kappa shape index (κ2) is 5.94. The summed E-state index contributed by atoms with van der Waals surface area (Å²) in [5, 5.41) is 13.7. The second-order valence-electron chi connectivity index (χ2n) is 6.07. The Morgan fingerprint density at radius 3 is 2.73 bits per heavy atom. The highest BCUT2D eigenvalue weighted by Gasteiger charge is 2.55. The zero-order valence-corrected chi connectivity index (χ0v) is 12.7. The van der Waals surface area contributed by atoms with E-state index in [1.807, 2.05) is 6.92 Å². The van der Waals surface area contributed by atoms with Crippen LogP contribution in [0, 0.1) is 5.92 Å². The Morgan fingerprint density at radius 1 is 1.45 bits per heavy atom. The molecule has 122 valence electrons. The Bertz CT molecular complexity index is 521. The van der Waals surface area contributed by atoms with Crippen LogP contribution in [0.5, 0.6) is 0 Å². The lowest BCUT2D eigenvalue weighted by Crippen LogP contribution is -2.54. The minimum Gasteiger partial charge on any atom is -0.480 e. The molecular weight excluding hydrogens is 290 g/mol. The van der Waals surface area contributed by atoms with Gasteiger partial charge in [0, 0.05) is 0 Å². The highest BCUT2D eigenvalue weighted by Crippen LogP contribution is 2.38. The van der Waals surface area contributed by atoms with Crippen molar-refractivity contribution >= 4 is 23.8 Å². The number of carbonyl (C=O) groups is 4. The molecule has 0 aromatic rings. The molecule has 1 saturated carbocycles. The third kappa shape index (κ3) is 2.77. The molecule has 0 bridgehead atoms. The van der Waals surface area contributed by atoms with Crippen LogP contribution in [0.1, 0.15) is 39.5 Å². The molecule has 1 heterocycles. The lowest BCUT2D eigenvalue weighted by Gasteiger charge is -2.36. The summed E-state index contributed by atoms with van der Waals surface area (Å²) in [5.41, 5.74) is -0.909. The molecule has 1 saturated heterocycles. The van der Waals surface area contributed by atoms with Crippen molar-refractivity contribution in [3.8, 4) is 0 Å². The summed E-state index contributed by atoms with van der Waals surface area (Å²) in [7, 11) is 0. The van der Waals surface area contributed by atoms with Crippen LogP contribution < -0.4 is 10.6 Å². The van der Waals surface area contributed by atoms with Crippen molar-refractivity contribution in [3.05, 3.63) is 0 Å². The van der Waals surface area contributed by atoms with Gasteiger partial charge in [0.2, 0.25) is 5.91 Å². The number of urea groups is 1. The number of rotatable bonds is 4. The van der Waals surface area contributed by atoms with Crippen LogP contribution in [0.4, 0.5) is 4.79 Å². The highest BCUT2D eigenvalue weighted by atomic mass is 16.4. The number of imide groups is 1. The third-order valence-corrected chi connectivity index (χ3v) is 4.55. The molecule has 0 aromatic carbocycles. The maximum atomic E-state index is 12.6. The van der Waals surface area contributed by atoms with E-state index in [0.29, 0.717) is 6.42 Å². The van der Waals surface area contributed by atoms with E-state index < -0.39 is 36.0 Å². The van der Waals surface area contributed by atoms with Crippen LogP contribution in [-0.2, 0) is 14.4 Å². The molecule has 2 rings (SSSR count). The summed E-state index contributed by atoms with van der Waals surface area (Å²) in [4.78, 5) is 48.1. The van der Waals surface area contributed by atoms with E-state index in [0.717, 1.165) is 24.2 Å². The third-order valence-electron chi connectivity index (χ3n) is 4.55. The van der Waals surface area contributed by atoms with Crippen molar-refractivity contribution in [1.82, 2.24) is 15.5 Å². The summed E-state index contributed by atoms with van der Waals surface area (Å²) in [6, 6.07) is -1.66. The zero-order valence-electron chi connectivity index (χ0n) is 12.7. The van der Waals surface area contributed by atoms with Crippen molar-refractivity contribution in [2.75, 3.05) is 6.54 Å². The molecule has 0 aromatic heterocycles. The monoisotopic (exact) mass is 311 g/mol. The molecule has 2 fully saturated rings. The normalized spacial score (nSPS) is 29.4. The van der Waals surface area contributed by atoms with Gasteiger partial charge in [-0.05, 0) is 25.7 Å². The topological polar surface area (TPSA) is 116 Å². The molecule has 2 unspecified atom stereocenters. The largest absolute Gasteiger partial charge is 0.480 e. The minimum atomic E-state index is -1.18. The first kappa shape index (κ1) is 16.3. The maximum absolute atomic E-state index is 12.6. The van der Waals surface area contributed by atoms with E-state index in [1.54, 1.807) is 0 Å². The van der Waals surface area contributed by atoms with Gasteiger partial charge in [-0.15, -0.1) is 0 Å². The number of carboxylic acids is 1. The second-order valence-corrected chi connectivity index (χ2v) is 6.07. The Balaban J connectivity index is 2.06. The first-order valence-corrected chi connectivity index (χ1v) is 7.44. The van der Waals surface area contributed by atoms with E-state index >= 15 is 0 Å². The van der Waals surface area contributed by atoms with Crippen molar-refractivity contribution in [3.63, 3.8) is 0 Å². The van der Waals surface area contributed by atoms with Crippen LogP contribution >= 0.6 is 0 Å². The number of hydrogen-bond acceptors (Lipinski definition) is 4. The molecule has 22 heavy (non-hydrogen) atoms. The number of amides is 4. The van der Waals surface area contributed by atoms with Crippen molar-refractivity contribution in [1.29, 1.82) is 0 Å². The summed E-state index contributed by atoms with van der Waals surface area (Å²) in [6.45, 7) is 2.78. The van der Waals surface area contributed by atoms with Crippen LogP contribution in [0.15, 0.2) is 0 Å². The van der Waals surface area contributed by atoms with Gasteiger partial charge in [0.1, 0.15) is 18.1 Å². The Kier molecular flexibility index (Phi) is 4.39. The van der Waals surface area contributed by atoms with Gasteiger partial charge < -0.3 is 15.7 Å². The fraction of sp³-hybridized carbons (Fsp3) is 0.714. The summed E-state index contributed by atoms with van der Waals surface area (Å²) < 4.78 is 0. The number of nitrogens with zero attached hydrogens (tertiary/aromatic N) is 1. The fourth-order valence-corrected chi connectivity index (χ4v) is 3.13. The number of carbonyl (C=O) groups excluding carboxylic acids is 3. The van der Waals surface area contributed by atoms with Gasteiger partial charge in [0.25, 0.3) is 5.91 Å². The average molecular weight is 311 g/mol. The standard InChI is InChI=1S/C14H21N3O5/c1-8-5-3-4-6-14(8)12(21)17(13(22)16-14)7-10(18)15-9(2)11(19)20/h8-9H,3-7H2,1-2H3,(H,15,18)(H,16,22)(H,19,20)/t8?,9-,14?/m1/s1. The van der Waals surface area contributed by atoms with Gasteiger partial charge in [0.15, 0.2) is 0 Å². The Labute approximate surface area is 128 Å². The lowest BCUT2D eigenvalue weighted by atomic mass is 9.73. The van der Waals surface area contributed by atoms with Crippen molar-refractivity contribution < 1.29 is 24.3 Å². The molecule has 2 aliphatic rings. The number of hydrogen-bond donors (Lipinski definition) is 3. The highest BCUT2D eigenvalue weighted by molar-refractivity contribution is 6.09. The predicted molar refractivity (Wildman–Crippen MR) is 75.8 cm³/mol. The summed E-state index contributed by atoms with van der Waals surface area (Å²) >= 11 is 0. The van der Waals surface area contributed by atoms with E-state index in [1.165, 1.54) is 6.92 Å². The van der Waals surface area contributed by atoms with Gasteiger partial charge in [-0.3, -0.25) is 19.3 Å². The quantitative estimate of drug-likeness (QED) is 0.636. The summed E-state index contributed by atoms with van der Waals surface area (Å²) in [6.07, 6.45) is 3.29. The Morgan fingerprint density at radius 2 is 2.14 bits per heavy atom. The van der Waals surface area contributed by atoms with Crippen molar-refractivity contribution in [2.24, 2.45) is 5.92 Å². The van der Waals surface area contributed by atoms with Crippen LogP contribution in [0.2, 0.25) is 0 Å². The van der Waals surface area contributed by atoms with E-state index in [9.17, 15) is 19.2 Å². The van der Waals surface area contributed by atoms with Gasteiger partial charge >= 0.3 is 12.0 Å². The van der Waals surface area contributed by atoms with Crippen LogP contribution in [-0.4, -0.2) is 51.9 Å². The molecule has 8 nitrogen and oxygen atoms in total. The van der Waals surface area contributed by atoms with E-state index in [4.69, 9.17) is 5.11 Å². The fourth-order valence-electron chi connectivity index (χ4n) is 3.13. The van der Waals surface area contributed by atoms with Gasteiger partial charge in [0.05, 0.1) is 0 Å². The zero-order chi connectivity index (χ0) is 16.5. The van der Waals surface area contributed by atoms with E-state index in [2.05, 4.69) is 10.6 Å². The Hall–Kier alpha value is -2.12. The molecular formula is C14H21N3O5. The smallest absolute Gasteiger partial charge is 0.325 e. The number of carboxylic acid groups (broad SMARTS) is 1. The van der Waals surface area contributed by atoms with Gasteiger partial charge in [-0.2, -0.15) is 0 Å². The van der Waals surface area contributed by atoms with Crippen LogP contribution in [0.25, 0.3) is 0 Å². The van der Waals surface area contributed by atoms with Crippen LogP contribution in [0.3, 0.4) is 0 Å². The molecule has 4 amide bonds. The van der Waals surface area contributed by atoms with Crippen molar-refractivity contribution in [2.45, 2.75) is 51.1 Å². The molecule has 1 aliphatic heterocycles. The predicted octanol–water partition coefficient (Wildman–Crippen LogP) is 0.0764. The molecule has 1 spiro atoms. The molecule has 0 radical (unpaired) electrons. The van der Waals surface area contributed by atoms with Gasteiger partial charge in [-0.1, -0.05) is 19.8 Å². The first-order chi connectivity index (χ1) is 10.3. The van der Waals surface area contributed by atoms with E-state index in [-0.39, 0.29) is 11.8 Å². The minimum absolute atomic E-state index is 0.0173. The lowest BCUT2D eigenvalue weighted by molar-refractivity contribution is -0.142.